The summed E-state index contributed by atoms with van der Waals surface area (Å²) >= 11 is 4.70. The third-order valence-corrected chi connectivity index (χ3v) is 9.75. The Kier molecular flexibility index (Phi) is 8.59. The number of tetrazole rings is 1. The highest BCUT2D eigenvalue weighted by atomic mass is 32.2. The zero-order chi connectivity index (χ0) is 27.6. The normalized spacial score (nSPS) is 19.1. The molecule has 2 aliphatic heterocycles. The molecule has 4 rings (SSSR count). The van der Waals surface area contributed by atoms with Gasteiger partial charge in [-0.25, -0.2) is 9.48 Å². The van der Waals surface area contributed by atoms with Gasteiger partial charge in [-0.2, -0.15) is 0 Å². The molecule has 0 spiro atoms. The lowest BCUT2D eigenvalue weighted by atomic mass is 9.98. The smallest absolute Gasteiger partial charge is 0.357 e. The van der Waals surface area contributed by atoms with Gasteiger partial charge >= 0.3 is 11.9 Å². The number of aromatic nitrogens is 4. The fourth-order valence-corrected chi connectivity index (χ4v) is 7.49. The third-order valence-electron chi connectivity index (χ3n) is 5.34. The van der Waals surface area contributed by atoms with Gasteiger partial charge in [0.05, 0.1) is 11.8 Å². The van der Waals surface area contributed by atoms with E-state index in [1.807, 2.05) is 0 Å². The Labute approximate surface area is 233 Å². The van der Waals surface area contributed by atoms with Crippen molar-refractivity contribution in [1.82, 2.24) is 30.4 Å². The van der Waals surface area contributed by atoms with Crippen LogP contribution < -0.4 is 9.37 Å². The summed E-state index contributed by atoms with van der Waals surface area (Å²) in [6.45, 7) is 4.41. The van der Waals surface area contributed by atoms with Crippen LogP contribution in [0, 0.1) is 5.41 Å². The Balaban J connectivity index is 1.47. The molecule has 13 nitrogen and oxygen atoms in total. The summed E-state index contributed by atoms with van der Waals surface area (Å²) < 4.78 is 11.7. The zero-order valence-electron chi connectivity index (χ0n) is 20.8. The highest BCUT2D eigenvalue weighted by Gasteiger charge is 2.54. The van der Waals surface area contributed by atoms with E-state index in [0.29, 0.717) is 27.1 Å². The van der Waals surface area contributed by atoms with Crippen molar-refractivity contribution in [3.63, 3.8) is 0 Å². The second-order valence-electron chi connectivity index (χ2n) is 9.24. The molecule has 2 atom stereocenters. The minimum absolute atomic E-state index is 0.0118. The van der Waals surface area contributed by atoms with Crippen LogP contribution in [0.2, 0.25) is 0 Å². The Morgan fingerprint density at radius 3 is 2.63 bits per heavy atom. The highest BCUT2D eigenvalue weighted by molar-refractivity contribution is 8.01. The molecule has 1 saturated heterocycles. The molecule has 0 aromatic carbocycles. The van der Waals surface area contributed by atoms with Gasteiger partial charge in [0.25, 0.3) is 9.96 Å². The van der Waals surface area contributed by atoms with Crippen molar-refractivity contribution in [3.8, 4) is 0 Å². The number of carbonyl (C=O) groups excluding carboxylic acids is 4. The molecule has 2 aromatic heterocycles. The number of ether oxygens (including phenoxy) is 2. The van der Waals surface area contributed by atoms with Crippen molar-refractivity contribution in [1.29, 1.82) is 0 Å². The van der Waals surface area contributed by atoms with E-state index >= 15 is 0 Å². The van der Waals surface area contributed by atoms with Crippen LogP contribution >= 0.6 is 46.2 Å². The summed E-state index contributed by atoms with van der Waals surface area (Å²) in [5, 5.41) is 15.6. The number of thioether (sulfide) groups is 2. The summed E-state index contributed by atoms with van der Waals surface area (Å²) in [6.07, 6.45) is -0.0118. The van der Waals surface area contributed by atoms with Gasteiger partial charge in [-0.1, -0.05) is 34.4 Å². The SMILES string of the molecule is Cn1nnnc1SCC1=C(C(=O)OCOC(=O)C(C)(C)C)N2C(=O)C(NC(=O)Cc3csc(=O)s3)C2SC1. The van der Waals surface area contributed by atoms with Crippen LogP contribution in [-0.4, -0.2) is 78.6 Å². The number of hydrogen-bond acceptors (Lipinski definition) is 14. The molecular weight excluding hydrogens is 577 g/mol. The van der Waals surface area contributed by atoms with Crippen molar-refractivity contribution in [2.24, 2.45) is 12.5 Å². The lowest BCUT2D eigenvalue weighted by molar-refractivity contribution is -0.173. The number of rotatable bonds is 9. The first-order chi connectivity index (χ1) is 18.0. The van der Waals surface area contributed by atoms with E-state index in [1.165, 1.54) is 33.1 Å². The minimum atomic E-state index is -0.832. The van der Waals surface area contributed by atoms with Crippen molar-refractivity contribution in [3.05, 3.63) is 30.4 Å². The first-order valence-electron chi connectivity index (χ1n) is 11.2. The van der Waals surface area contributed by atoms with Gasteiger partial charge in [-0.15, -0.1) is 16.9 Å². The number of hydrogen-bond donors (Lipinski definition) is 1. The zero-order valence-corrected chi connectivity index (χ0v) is 24.1. The first-order valence-corrected chi connectivity index (χ1v) is 14.9. The lowest BCUT2D eigenvalue weighted by Gasteiger charge is -2.49. The molecule has 2 unspecified atom stereocenters. The molecule has 1 N–H and O–H groups in total. The van der Waals surface area contributed by atoms with E-state index in [9.17, 15) is 24.0 Å². The van der Waals surface area contributed by atoms with E-state index in [2.05, 4.69) is 20.8 Å². The third kappa shape index (κ3) is 6.27. The van der Waals surface area contributed by atoms with Gasteiger partial charge in [0.15, 0.2) is 0 Å². The van der Waals surface area contributed by atoms with Crippen LogP contribution in [0.4, 0.5) is 0 Å². The lowest BCUT2D eigenvalue weighted by Crippen LogP contribution is -2.70. The molecule has 0 radical (unpaired) electrons. The molecule has 4 heterocycles. The average molecular weight is 601 g/mol. The topological polar surface area (TPSA) is 163 Å². The summed E-state index contributed by atoms with van der Waals surface area (Å²) in [5.41, 5.74) is -0.107. The Morgan fingerprint density at radius 1 is 1.24 bits per heavy atom. The van der Waals surface area contributed by atoms with Gasteiger partial charge in [0.1, 0.15) is 17.1 Å². The fraction of sp³-hybridized carbons (Fsp3) is 0.524. The van der Waals surface area contributed by atoms with Crippen molar-refractivity contribution in [2.45, 2.75) is 43.8 Å². The number of aryl methyl sites for hydroxylation is 1. The Hall–Kier alpha value is -2.76. The van der Waals surface area contributed by atoms with E-state index in [0.717, 1.165) is 22.7 Å². The van der Waals surface area contributed by atoms with Crippen LogP contribution in [0.5, 0.6) is 0 Å². The molecule has 2 aliphatic rings. The van der Waals surface area contributed by atoms with Gasteiger partial charge < -0.3 is 14.8 Å². The molecule has 2 aromatic rings. The number of β-lactam (4-membered cyclic amide) rings is 1. The molecule has 0 aliphatic carbocycles. The van der Waals surface area contributed by atoms with Crippen LogP contribution in [0.3, 0.4) is 0 Å². The van der Waals surface area contributed by atoms with E-state index < -0.39 is 47.4 Å². The quantitative estimate of drug-likeness (QED) is 0.186. The number of nitrogens with one attached hydrogen (secondary N) is 1. The molecule has 0 saturated carbocycles. The second-order valence-corrected chi connectivity index (χ2v) is 13.5. The number of carbonyl (C=O) groups is 4. The van der Waals surface area contributed by atoms with Crippen LogP contribution in [0.15, 0.2) is 26.6 Å². The monoisotopic (exact) mass is 600 g/mol. The van der Waals surface area contributed by atoms with Crippen molar-refractivity contribution < 1.29 is 28.7 Å². The van der Waals surface area contributed by atoms with Gasteiger partial charge in [0.2, 0.25) is 17.9 Å². The van der Waals surface area contributed by atoms with Crippen molar-refractivity contribution >= 4 is 70.0 Å². The van der Waals surface area contributed by atoms with Gasteiger partial charge in [-0.3, -0.25) is 24.1 Å². The molecule has 2 amide bonds. The molecule has 204 valence electrons. The summed E-state index contributed by atoms with van der Waals surface area (Å²) in [7, 11) is 1.68. The van der Waals surface area contributed by atoms with E-state index in [1.54, 1.807) is 33.2 Å². The maximum Gasteiger partial charge on any atom is 0.357 e. The van der Waals surface area contributed by atoms with Gasteiger partial charge in [0, 0.05) is 28.8 Å². The van der Waals surface area contributed by atoms with Gasteiger partial charge in [-0.05, 0) is 36.8 Å². The number of amides is 2. The number of fused-ring (bicyclic) bond motifs is 1. The molecular formula is C21H24N6O7S4. The summed E-state index contributed by atoms with van der Waals surface area (Å²) in [6, 6.07) is -0.832. The Bertz CT molecular complexity index is 1340. The molecule has 1 fully saturated rings. The standard InChI is InChI=1S/C21H24N6O7S4/c1-21(2,3)18(31)34-9-33-17(30)14-10(7-36-19-23-24-25-26(19)4)6-35-16-13(15(29)27(14)16)22-12(28)5-11-8-37-20(32)38-11/h8,13,16H,5-7,9H2,1-4H3,(H,22,28). The first kappa shape index (κ1) is 28.3. The average Bonchev–Trinajstić information content (AvgIpc) is 3.46. The minimum Gasteiger partial charge on any atom is -0.427 e. The predicted octanol–water partition coefficient (Wildman–Crippen LogP) is 0.772. The largest absolute Gasteiger partial charge is 0.427 e. The molecule has 17 heteroatoms. The van der Waals surface area contributed by atoms with E-state index in [-0.39, 0.29) is 16.2 Å². The highest BCUT2D eigenvalue weighted by Crippen LogP contribution is 2.41. The maximum atomic E-state index is 13.1. The predicted molar refractivity (Wildman–Crippen MR) is 140 cm³/mol. The summed E-state index contributed by atoms with van der Waals surface area (Å²) in [4.78, 5) is 64.1. The van der Waals surface area contributed by atoms with Crippen molar-refractivity contribution in [2.75, 3.05) is 18.3 Å². The second kappa shape index (κ2) is 11.5. The number of esters is 2. The Morgan fingerprint density at radius 2 is 2.00 bits per heavy atom. The number of nitrogens with zero attached hydrogens (tertiary/aromatic N) is 5. The van der Waals surface area contributed by atoms with Crippen LogP contribution in [0.1, 0.15) is 25.6 Å². The van der Waals surface area contributed by atoms with E-state index in [4.69, 9.17) is 9.47 Å². The van der Waals surface area contributed by atoms with Crippen LogP contribution in [0.25, 0.3) is 0 Å². The molecule has 0 bridgehead atoms. The molecule has 38 heavy (non-hydrogen) atoms. The van der Waals surface area contributed by atoms with Crippen LogP contribution in [-0.2, 0) is 42.1 Å². The maximum absolute atomic E-state index is 13.1. The summed E-state index contributed by atoms with van der Waals surface area (Å²) in [5.74, 6) is -1.52. The fourth-order valence-electron chi connectivity index (χ4n) is 3.43.